The Hall–Kier alpha value is -2.49. The van der Waals surface area contributed by atoms with Crippen molar-refractivity contribution in [1.82, 2.24) is 5.32 Å². The summed E-state index contributed by atoms with van der Waals surface area (Å²) in [4.78, 5) is 12.4. The summed E-state index contributed by atoms with van der Waals surface area (Å²) in [5.41, 5.74) is 4.20. The maximum Gasteiger partial charge on any atom is 0.258 e. The van der Waals surface area contributed by atoms with Gasteiger partial charge < -0.3 is 14.8 Å². The molecule has 1 N–H and O–H groups in total. The Bertz CT molecular complexity index is 826. The number of benzene rings is 2. The van der Waals surface area contributed by atoms with Crippen LogP contribution in [0.25, 0.3) is 0 Å². The predicted molar refractivity (Wildman–Crippen MR) is 103 cm³/mol. The fraction of sp³-hybridized carbons (Fsp3) is 0.409. The summed E-state index contributed by atoms with van der Waals surface area (Å²) < 4.78 is 11.7. The van der Waals surface area contributed by atoms with Crippen molar-refractivity contribution in [3.63, 3.8) is 0 Å². The SMILES string of the molecule is Cc1ccc2c(c1)OC(C)(C)CC2NC(=O)COc1ccc(C)c(C)c1. The molecule has 2 aromatic rings. The first-order valence-corrected chi connectivity index (χ1v) is 9.02. The van der Waals surface area contributed by atoms with E-state index >= 15 is 0 Å². The number of rotatable bonds is 4. The average Bonchev–Trinajstić information content (AvgIpc) is 2.54. The zero-order valence-electron chi connectivity index (χ0n) is 16.2. The van der Waals surface area contributed by atoms with E-state index in [4.69, 9.17) is 9.47 Å². The lowest BCUT2D eigenvalue weighted by atomic mass is 9.89. The van der Waals surface area contributed by atoms with Crippen LogP contribution in [-0.2, 0) is 4.79 Å². The lowest BCUT2D eigenvalue weighted by Gasteiger charge is -2.38. The second-order valence-corrected chi connectivity index (χ2v) is 7.76. The number of hydrogen-bond donors (Lipinski definition) is 1. The quantitative estimate of drug-likeness (QED) is 0.886. The van der Waals surface area contributed by atoms with Crippen molar-refractivity contribution >= 4 is 5.91 Å². The smallest absolute Gasteiger partial charge is 0.258 e. The molecule has 0 radical (unpaired) electrons. The minimum Gasteiger partial charge on any atom is -0.487 e. The summed E-state index contributed by atoms with van der Waals surface area (Å²) in [6, 6.07) is 11.9. The molecule has 1 atom stereocenters. The van der Waals surface area contributed by atoms with Gasteiger partial charge in [0.2, 0.25) is 0 Å². The van der Waals surface area contributed by atoms with E-state index in [2.05, 4.69) is 12.2 Å². The Morgan fingerprint density at radius 1 is 1.15 bits per heavy atom. The lowest BCUT2D eigenvalue weighted by molar-refractivity contribution is -0.124. The number of ether oxygens (including phenoxy) is 2. The largest absolute Gasteiger partial charge is 0.487 e. The van der Waals surface area contributed by atoms with Crippen LogP contribution >= 0.6 is 0 Å². The molecule has 1 aliphatic rings. The third kappa shape index (κ3) is 4.18. The highest BCUT2D eigenvalue weighted by atomic mass is 16.5. The standard InChI is InChI=1S/C22H27NO3/c1-14-6-9-18-19(12-22(4,5)26-20(18)10-14)23-21(24)13-25-17-8-7-15(2)16(3)11-17/h6-11,19H,12-13H2,1-5H3,(H,23,24). The third-order valence-corrected chi connectivity index (χ3v) is 4.81. The van der Waals surface area contributed by atoms with E-state index in [1.54, 1.807) is 0 Å². The Balaban J connectivity index is 1.68. The van der Waals surface area contributed by atoms with Crippen LogP contribution < -0.4 is 14.8 Å². The van der Waals surface area contributed by atoms with E-state index in [0.717, 1.165) is 28.9 Å². The number of carbonyl (C=O) groups is 1. The number of fused-ring (bicyclic) bond motifs is 1. The molecule has 0 aromatic heterocycles. The van der Waals surface area contributed by atoms with Gasteiger partial charge in [-0.05, 0) is 69.5 Å². The average molecular weight is 353 g/mol. The molecule has 4 nitrogen and oxygen atoms in total. The van der Waals surface area contributed by atoms with Gasteiger partial charge in [0.25, 0.3) is 5.91 Å². The fourth-order valence-electron chi connectivity index (χ4n) is 3.28. The Labute approximate surface area is 155 Å². The first-order valence-electron chi connectivity index (χ1n) is 9.02. The summed E-state index contributed by atoms with van der Waals surface area (Å²) in [6.07, 6.45) is 0.721. The van der Waals surface area contributed by atoms with Crippen molar-refractivity contribution in [2.24, 2.45) is 0 Å². The number of amides is 1. The fourth-order valence-corrected chi connectivity index (χ4v) is 3.28. The predicted octanol–water partition coefficient (Wildman–Crippen LogP) is 4.41. The van der Waals surface area contributed by atoms with Crippen LogP contribution in [0.1, 0.15) is 48.6 Å². The molecule has 0 saturated heterocycles. The molecule has 1 heterocycles. The van der Waals surface area contributed by atoms with Gasteiger partial charge in [0.1, 0.15) is 17.1 Å². The normalized spacial score (nSPS) is 17.8. The second-order valence-electron chi connectivity index (χ2n) is 7.76. The molecule has 0 fully saturated rings. The molecule has 0 aliphatic carbocycles. The van der Waals surface area contributed by atoms with Gasteiger partial charge in [0, 0.05) is 12.0 Å². The van der Waals surface area contributed by atoms with E-state index in [9.17, 15) is 4.79 Å². The Kier molecular flexibility index (Phi) is 4.94. The minimum absolute atomic E-state index is 0.00147. The first-order chi connectivity index (χ1) is 12.2. The van der Waals surface area contributed by atoms with Crippen molar-refractivity contribution in [1.29, 1.82) is 0 Å². The molecule has 2 aromatic carbocycles. The van der Waals surface area contributed by atoms with Gasteiger partial charge in [-0.3, -0.25) is 4.79 Å². The Morgan fingerprint density at radius 2 is 1.92 bits per heavy atom. The minimum atomic E-state index is -0.326. The van der Waals surface area contributed by atoms with Crippen molar-refractivity contribution in [3.8, 4) is 11.5 Å². The molecule has 1 aliphatic heterocycles. The van der Waals surface area contributed by atoms with E-state index in [-0.39, 0.29) is 24.2 Å². The maximum atomic E-state index is 12.4. The van der Waals surface area contributed by atoms with Crippen LogP contribution in [0.2, 0.25) is 0 Å². The summed E-state index contributed by atoms with van der Waals surface area (Å²) in [5.74, 6) is 1.44. The molecule has 26 heavy (non-hydrogen) atoms. The number of aryl methyl sites for hydroxylation is 3. The van der Waals surface area contributed by atoms with Gasteiger partial charge in [0.05, 0.1) is 6.04 Å². The molecule has 1 amide bonds. The highest BCUT2D eigenvalue weighted by molar-refractivity contribution is 5.78. The summed E-state index contributed by atoms with van der Waals surface area (Å²) >= 11 is 0. The molecule has 4 heteroatoms. The molecule has 1 unspecified atom stereocenters. The Morgan fingerprint density at radius 3 is 2.65 bits per heavy atom. The first kappa shape index (κ1) is 18.3. The lowest BCUT2D eigenvalue weighted by Crippen LogP contribution is -2.42. The van der Waals surface area contributed by atoms with Crippen molar-refractivity contribution in [2.45, 2.75) is 52.7 Å². The highest BCUT2D eigenvalue weighted by Gasteiger charge is 2.34. The summed E-state index contributed by atoms with van der Waals surface area (Å²) in [5, 5.41) is 3.10. The number of carbonyl (C=O) groups excluding carboxylic acids is 1. The summed E-state index contributed by atoms with van der Waals surface area (Å²) in [6.45, 7) is 10.2. The molecular weight excluding hydrogens is 326 g/mol. The van der Waals surface area contributed by atoms with E-state index in [1.165, 1.54) is 5.56 Å². The van der Waals surface area contributed by atoms with Crippen LogP contribution in [0.15, 0.2) is 36.4 Å². The van der Waals surface area contributed by atoms with Crippen LogP contribution in [0.4, 0.5) is 0 Å². The van der Waals surface area contributed by atoms with Crippen LogP contribution in [0.3, 0.4) is 0 Å². The van der Waals surface area contributed by atoms with E-state index in [1.807, 2.05) is 64.1 Å². The molecular formula is C22H27NO3. The van der Waals surface area contributed by atoms with E-state index < -0.39 is 0 Å². The number of hydrogen-bond acceptors (Lipinski definition) is 3. The number of nitrogens with one attached hydrogen (secondary N) is 1. The van der Waals surface area contributed by atoms with Gasteiger partial charge in [-0.25, -0.2) is 0 Å². The third-order valence-electron chi connectivity index (χ3n) is 4.81. The second kappa shape index (κ2) is 7.02. The zero-order chi connectivity index (χ0) is 18.9. The van der Waals surface area contributed by atoms with Crippen molar-refractivity contribution < 1.29 is 14.3 Å². The molecule has 0 spiro atoms. The van der Waals surface area contributed by atoms with Crippen molar-refractivity contribution in [3.05, 3.63) is 58.7 Å². The van der Waals surface area contributed by atoms with Gasteiger partial charge in [-0.2, -0.15) is 0 Å². The van der Waals surface area contributed by atoms with Crippen LogP contribution in [0.5, 0.6) is 11.5 Å². The summed E-state index contributed by atoms with van der Waals surface area (Å²) in [7, 11) is 0. The topological polar surface area (TPSA) is 47.6 Å². The van der Waals surface area contributed by atoms with Gasteiger partial charge in [0.15, 0.2) is 6.61 Å². The monoisotopic (exact) mass is 353 g/mol. The molecule has 3 rings (SSSR count). The van der Waals surface area contributed by atoms with Gasteiger partial charge in [-0.15, -0.1) is 0 Å². The van der Waals surface area contributed by atoms with Gasteiger partial charge in [-0.1, -0.05) is 18.2 Å². The zero-order valence-corrected chi connectivity index (χ0v) is 16.2. The molecule has 0 bridgehead atoms. The molecule has 138 valence electrons. The van der Waals surface area contributed by atoms with Crippen LogP contribution in [0, 0.1) is 20.8 Å². The van der Waals surface area contributed by atoms with E-state index in [0.29, 0.717) is 5.75 Å². The van der Waals surface area contributed by atoms with Crippen LogP contribution in [-0.4, -0.2) is 18.1 Å². The van der Waals surface area contributed by atoms with Gasteiger partial charge >= 0.3 is 0 Å². The maximum absolute atomic E-state index is 12.4. The molecule has 0 saturated carbocycles. The highest BCUT2D eigenvalue weighted by Crippen LogP contribution is 2.39. The van der Waals surface area contributed by atoms with Crippen molar-refractivity contribution in [2.75, 3.05) is 6.61 Å².